The molecule has 1 amide bonds. The molecule has 7 nitrogen and oxygen atoms in total. The normalized spacial score (nSPS) is 18.3. The van der Waals surface area contributed by atoms with Crippen molar-refractivity contribution in [1.29, 1.82) is 0 Å². The van der Waals surface area contributed by atoms with E-state index in [9.17, 15) is 9.59 Å². The largest absolute Gasteiger partial charge is 0.466 e. The smallest absolute Gasteiger partial charge is 0.310 e. The number of likely N-dealkylation sites (tertiary alicyclic amines) is 1. The second kappa shape index (κ2) is 9.09. The van der Waals surface area contributed by atoms with Crippen LogP contribution in [0.3, 0.4) is 0 Å². The maximum atomic E-state index is 13.5. The van der Waals surface area contributed by atoms with Crippen LogP contribution in [0.15, 0.2) is 30.6 Å². The van der Waals surface area contributed by atoms with E-state index in [1.807, 2.05) is 13.8 Å². The summed E-state index contributed by atoms with van der Waals surface area (Å²) in [6.07, 6.45) is 4.14. The van der Waals surface area contributed by atoms with Crippen molar-refractivity contribution in [3.05, 3.63) is 52.2 Å². The number of hydrogen-bond donors (Lipinski definition) is 0. The van der Waals surface area contributed by atoms with E-state index >= 15 is 0 Å². The highest BCUT2D eigenvalue weighted by atomic mass is 32.1. The molecule has 172 valence electrons. The molecular formula is C25H28N4O3S. The molecule has 1 fully saturated rings. The number of rotatable bonds is 4. The second-order valence-corrected chi connectivity index (χ2v) is 9.72. The van der Waals surface area contributed by atoms with Gasteiger partial charge in [0.2, 0.25) is 0 Å². The molecule has 5 rings (SSSR count). The lowest BCUT2D eigenvalue weighted by Gasteiger charge is -2.31. The fraction of sp³-hybridized carbons (Fsp3) is 0.440. The van der Waals surface area contributed by atoms with Crippen molar-refractivity contribution in [2.45, 2.75) is 39.7 Å². The Labute approximate surface area is 197 Å². The highest BCUT2D eigenvalue weighted by Gasteiger charge is 2.32. The molecule has 1 atom stereocenters. The molecule has 2 aromatic heterocycles. The minimum atomic E-state index is -0.249. The first-order chi connectivity index (χ1) is 16.1. The molecule has 0 saturated carbocycles. The molecule has 8 heteroatoms. The summed E-state index contributed by atoms with van der Waals surface area (Å²) in [6.45, 7) is 6.91. The lowest BCUT2D eigenvalue weighted by Crippen LogP contribution is -2.42. The van der Waals surface area contributed by atoms with Gasteiger partial charge in [-0.2, -0.15) is 0 Å². The number of ether oxygens (including phenoxy) is 1. The lowest BCUT2D eigenvalue weighted by atomic mass is 9.98. The van der Waals surface area contributed by atoms with Gasteiger partial charge in [-0.25, -0.2) is 9.97 Å². The number of nitrogens with zero attached hydrogens (tertiary/aromatic N) is 4. The molecule has 3 aromatic rings. The van der Waals surface area contributed by atoms with Gasteiger partial charge in [-0.1, -0.05) is 24.3 Å². The van der Waals surface area contributed by atoms with Gasteiger partial charge in [0.25, 0.3) is 5.91 Å². The summed E-state index contributed by atoms with van der Waals surface area (Å²) >= 11 is 1.42. The van der Waals surface area contributed by atoms with Crippen LogP contribution in [0.25, 0.3) is 10.2 Å². The molecule has 1 saturated heterocycles. The molecule has 0 radical (unpaired) electrons. The van der Waals surface area contributed by atoms with Crippen LogP contribution in [0.4, 0.5) is 5.82 Å². The van der Waals surface area contributed by atoms with E-state index in [0.717, 1.165) is 53.9 Å². The Morgan fingerprint density at radius 3 is 2.82 bits per heavy atom. The maximum absolute atomic E-state index is 13.5. The molecule has 0 aliphatic carbocycles. The number of benzene rings is 1. The number of carbonyl (C=O) groups is 2. The predicted molar refractivity (Wildman–Crippen MR) is 129 cm³/mol. The van der Waals surface area contributed by atoms with Crippen molar-refractivity contribution in [1.82, 2.24) is 14.9 Å². The van der Waals surface area contributed by atoms with Crippen molar-refractivity contribution < 1.29 is 14.3 Å². The van der Waals surface area contributed by atoms with Crippen LogP contribution in [-0.2, 0) is 22.5 Å². The lowest BCUT2D eigenvalue weighted by molar-refractivity contribution is -0.149. The van der Waals surface area contributed by atoms with Crippen molar-refractivity contribution in [2.75, 3.05) is 31.1 Å². The van der Waals surface area contributed by atoms with Gasteiger partial charge in [0.1, 0.15) is 17.0 Å². The number of esters is 1. The number of amides is 1. The molecule has 1 aromatic carbocycles. The minimum absolute atomic E-state index is 0.0283. The van der Waals surface area contributed by atoms with Crippen LogP contribution < -0.4 is 4.90 Å². The SMILES string of the molecule is CCOC(=O)C1CCCN(C(=O)c2sc3ncnc(N4CCc5ccccc5C4)c3c2C)C1. The molecule has 0 N–H and O–H groups in total. The standard InChI is InChI=1S/C25H28N4O3S/c1-3-32-25(31)19-9-6-11-29(14-19)24(30)21-16(2)20-22(26-15-27-23(20)33-21)28-12-10-17-7-4-5-8-18(17)13-28/h4-5,7-8,15,19H,3,6,9-14H2,1-2H3. The number of aryl methyl sites for hydroxylation is 1. The van der Waals surface area contributed by atoms with E-state index in [4.69, 9.17) is 4.74 Å². The zero-order valence-corrected chi connectivity index (χ0v) is 19.9. The zero-order valence-electron chi connectivity index (χ0n) is 19.0. The fourth-order valence-corrected chi connectivity index (χ4v) is 6.04. The summed E-state index contributed by atoms with van der Waals surface area (Å²) < 4.78 is 5.20. The van der Waals surface area contributed by atoms with E-state index in [-0.39, 0.29) is 17.8 Å². The second-order valence-electron chi connectivity index (χ2n) is 8.72. The predicted octanol–water partition coefficient (Wildman–Crippen LogP) is 3.98. The Kier molecular flexibility index (Phi) is 6.01. The number of hydrogen-bond acceptors (Lipinski definition) is 7. The van der Waals surface area contributed by atoms with Gasteiger partial charge in [0.05, 0.1) is 22.8 Å². The third-order valence-corrected chi connectivity index (χ3v) is 7.85. The maximum Gasteiger partial charge on any atom is 0.310 e. The van der Waals surface area contributed by atoms with Crippen LogP contribution in [0.1, 0.15) is 46.1 Å². The fourth-order valence-electron chi connectivity index (χ4n) is 4.93. The van der Waals surface area contributed by atoms with Gasteiger partial charge in [-0.15, -0.1) is 11.3 Å². The summed E-state index contributed by atoms with van der Waals surface area (Å²) in [6, 6.07) is 8.53. The van der Waals surface area contributed by atoms with Gasteiger partial charge in [0, 0.05) is 26.2 Å². The van der Waals surface area contributed by atoms with E-state index in [2.05, 4.69) is 39.1 Å². The molecule has 0 bridgehead atoms. The molecule has 2 aliphatic heterocycles. The first-order valence-electron chi connectivity index (χ1n) is 11.6. The Bertz CT molecular complexity index is 1210. The topological polar surface area (TPSA) is 75.6 Å². The van der Waals surface area contributed by atoms with Crippen LogP contribution in [0.5, 0.6) is 0 Å². The Hall–Kier alpha value is -3.00. The summed E-state index contributed by atoms with van der Waals surface area (Å²) in [5.41, 5.74) is 3.63. The summed E-state index contributed by atoms with van der Waals surface area (Å²) in [5.74, 6) is 0.410. The molecule has 4 heterocycles. The number of carbonyl (C=O) groups excluding carboxylic acids is 2. The van der Waals surface area contributed by atoms with Crippen molar-refractivity contribution in [3.63, 3.8) is 0 Å². The van der Waals surface area contributed by atoms with Crippen molar-refractivity contribution in [3.8, 4) is 0 Å². The highest BCUT2D eigenvalue weighted by Crippen LogP contribution is 2.37. The molecule has 2 aliphatic rings. The van der Waals surface area contributed by atoms with E-state index in [1.54, 1.807) is 11.2 Å². The summed E-state index contributed by atoms with van der Waals surface area (Å²) in [4.78, 5) is 40.5. The van der Waals surface area contributed by atoms with Gasteiger partial charge < -0.3 is 14.5 Å². The number of piperidine rings is 1. The summed E-state index contributed by atoms with van der Waals surface area (Å²) in [7, 11) is 0. The minimum Gasteiger partial charge on any atom is -0.466 e. The number of fused-ring (bicyclic) bond motifs is 2. The average molecular weight is 465 g/mol. The van der Waals surface area contributed by atoms with Crippen LogP contribution in [-0.4, -0.2) is 53.0 Å². The van der Waals surface area contributed by atoms with Gasteiger partial charge >= 0.3 is 5.97 Å². The first-order valence-corrected chi connectivity index (χ1v) is 12.4. The third kappa shape index (κ3) is 4.08. The van der Waals surface area contributed by atoms with Crippen molar-refractivity contribution in [2.24, 2.45) is 5.92 Å². The van der Waals surface area contributed by atoms with Crippen LogP contribution in [0, 0.1) is 12.8 Å². The van der Waals surface area contributed by atoms with Gasteiger partial charge in [-0.05, 0) is 49.8 Å². The molecular weight excluding hydrogens is 436 g/mol. The van der Waals surface area contributed by atoms with Crippen LogP contribution >= 0.6 is 11.3 Å². The summed E-state index contributed by atoms with van der Waals surface area (Å²) in [5, 5.41) is 0.962. The number of aromatic nitrogens is 2. The van der Waals surface area contributed by atoms with E-state index < -0.39 is 0 Å². The quantitative estimate of drug-likeness (QED) is 0.544. The number of anilines is 1. The molecule has 1 unspecified atom stereocenters. The molecule has 0 spiro atoms. The highest BCUT2D eigenvalue weighted by molar-refractivity contribution is 7.20. The Morgan fingerprint density at radius 1 is 1.18 bits per heavy atom. The van der Waals surface area contributed by atoms with Crippen molar-refractivity contribution >= 4 is 39.2 Å². The van der Waals surface area contributed by atoms with Gasteiger partial charge in [0.15, 0.2) is 0 Å². The van der Waals surface area contributed by atoms with Gasteiger partial charge in [-0.3, -0.25) is 9.59 Å². The average Bonchev–Trinajstić information content (AvgIpc) is 3.20. The Balaban J connectivity index is 1.43. The first kappa shape index (κ1) is 21.8. The third-order valence-electron chi connectivity index (χ3n) is 6.66. The molecule has 33 heavy (non-hydrogen) atoms. The number of thiophene rings is 1. The zero-order chi connectivity index (χ0) is 22.9. The van der Waals surface area contributed by atoms with Crippen LogP contribution in [0.2, 0.25) is 0 Å². The Morgan fingerprint density at radius 2 is 2.00 bits per heavy atom. The van der Waals surface area contributed by atoms with E-state index in [0.29, 0.717) is 24.6 Å². The monoisotopic (exact) mass is 464 g/mol. The van der Waals surface area contributed by atoms with E-state index in [1.165, 1.54) is 22.5 Å².